The number of benzene rings is 1. The third-order valence-electron chi connectivity index (χ3n) is 5.18. The Morgan fingerprint density at radius 2 is 1.96 bits per heavy atom. The molecule has 1 aliphatic heterocycles. The number of morpholine rings is 1. The zero-order valence-corrected chi connectivity index (χ0v) is 15.7. The van der Waals surface area contributed by atoms with Crippen molar-refractivity contribution in [3.05, 3.63) is 52.8 Å². The van der Waals surface area contributed by atoms with E-state index in [1.54, 1.807) is 0 Å². The van der Waals surface area contributed by atoms with Crippen molar-refractivity contribution < 1.29 is 9.53 Å². The first-order valence-corrected chi connectivity index (χ1v) is 8.75. The number of hydrogen-bond donors (Lipinski definition) is 0. The van der Waals surface area contributed by atoms with Crippen LogP contribution in [-0.4, -0.2) is 39.3 Å². The van der Waals surface area contributed by atoms with Crippen LogP contribution in [0, 0.1) is 13.8 Å². The molecule has 2 heterocycles. The maximum absolute atomic E-state index is 13.1. The minimum Gasteiger partial charge on any atom is -0.369 e. The van der Waals surface area contributed by atoms with Gasteiger partial charge in [0.1, 0.15) is 6.10 Å². The molecule has 1 aliphatic rings. The minimum absolute atomic E-state index is 0.0748. The second-order valence-electron chi connectivity index (χ2n) is 7.48. The molecule has 5 nitrogen and oxygen atoms in total. The van der Waals surface area contributed by atoms with Gasteiger partial charge in [0.25, 0.3) is 0 Å². The number of rotatable bonds is 3. The summed E-state index contributed by atoms with van der Waals surface area (Å²) in [7, 11) is 1.92. The summed E-state index contributed by atoms with van der Waals surface area (Å²) in [6, 6.07) is 10.1. The van der Waals surface area contributed by atoms with Gasteiger partial charge in [0, 0.05) is 18.3 Å². The van der Waals surface area contributed by atoms with Gasteiger partial charge in [0.05, 0.1) is 30.8 Å². The van der Waals surface area contributed by atoms with Gasteiger partial charge in [-0.2, -0.15) is 5.10 Å². The zero-order valence-electron chi connectivity index (χ0n) is 15.7. The lowest BCUT2D eigenvalue weighted by Crippen LogP contribution is -2.56. The molecule has 25 heavy (non-hydrogen) atoms. The normalized spacial score (nSPS) is 19.9. The van der Waals surface area contributed by atoms with Crippen LogP contribution in [-0.2, 0) is 23.0 Å². The number of carbonyl (C=O) groups excluding carboxylic acids is 1. The summed E-state index contributed by atoms with van der Waals surface area (Å²) in [5.41, 5.74) is 3.82. The Labute approximate surface area is 149 Å². The number of aryl methyl sites for hydroxylation is 2. The van der Waals surface area contributed by atoms with Crippen LogP contribution < -0.4 is 0 Å². The second kappa shape index (κ2) is 6.64. The van der Waals surface area contributed by atoms with Gasteiger partial charge in [0.15, 0.2) is 0 Å². The van der Waals surface area contributed by atoms with E-state index in [-0.39, 0.29) is 17.6 Å². The molecule has 0 aliphatic carbocycles. The van der Waals surface area contributed by atoms with Gasteiger partial charge in [0.2, 0.25) is 5.91 Å². The van der Waals surface area contributed by atoms with E-state index in [0.717, 1.165) is 22.5 Å². The van der Waals surface area contributed by atoms with Gasteiger partial charge in [-0.15, -0.1) is 0 Å². The van der Waals surface area contributed by atoms with Gasteiger partial charge in [-0.05, 0) is 33.3 Å². The van der Waals surface area contributed by atoms with Crippen molar-refractivity contribution in [2.45, 2.75) is 45.8 Å². The lowest BCUT2D eigenvalue weighted by molar-refractivity contribution is -0.154. The molecule has 1 fully saturated rings. The number of carbonyl (C=O) groups is 1. The third-order valence-corrected chi connectivity index (χ3v) is 5.18. The Balaban J connectivity index is 1.81. The summed E-state index contributed by atoms with van der Waals surface area (Å²) in [4.78, 5) is 15.1. The summed E-state index contributed by atoms with van der Waals surface area (Å²) >= 11 is 0. The van der Waals surface area contributed by atoms with Crippen LogP contribution >= 0.6 is 0 Å². The number of ether oxygens (including phenoxy) is 1. The molecule has 0 bridgehead atoms. The van der Waals surface area contributed by atoms with Crippen molar-refractivity contribution in [3.63, 3.8) is 0 Å². The molecule has 2 aromatic rings. The number of amides is 1. The second-order valence-corrected chi connectivity index (χ2v) is 7.48. The Bertz CT molecular complexity index is 765. The number of nitrogens with zero attached hydrogens (tertiary/aromatic N) is 3. The molecule has 1 amide bonds. The fourth-order valence-electron chi connectivity index (χ4n) is 3.48. The molecule has 1 saturated heterocycles. The fraction of sp³-hybridized carbons (Fsp3) is 0.500. The average molecular weight is 341 g/mol. The quantitative estimate of drug-likeness (QED) is 0.862. The molecule has 1 atom stereocenters. The van der Waals surface area contributed by atoms with E-state index in [2.05, 4.69) is 31.1 Å². The van der Waals surface area contributed by atoms with Gasteiger partial charge >= 0.3 is 0 Å². The van der Waals surface area contributed by atoms with E-state index >= 15 is 0 Å². The molecule has 0 saturated carbocycles. The van der Waals surface area contributed by atoms with E-state index in [0.29, 0.717) is 19.6 Å². The van der Waals surface area contributed by atoms with E-state index in [1.165, 1.54) is 0 Å². The Kier molecular flexibility index (Phi) is 4.69. The van der Waals surface area contributed by atoms with Gasteiger partial charge < -0.3 is 9.64 Å². The first kappa shape index (κ1) is 17.7. The summed E-state index contributed by atoms with van der Waals surface area (Å²) in [6.45, 7) is 9.22. The van der Waals surface area contributed by atoms with Crippen molar-refractivity contribution >= 4 is 5.91 Å². The molecule has 3 rings (SSSR count). The molecule has 0 radical (unpaired) electrons. The molecule has 1 unspecified atom stereocenters. The van der Waals surface area contributed by atoms with Gasteiger partial charge in [-0.1, -0.05) is 30.3 Å². The summed E-state index contributed by atoms with van der Waals surface area (Å²) < 4.78 is 7.89. The average Bonchev–Trinajstić information content (AvgIpc) is 2.81. The highest BCUT2D eigenvalue weighted by molar-refractivity contribution is 5.80. The first-order chi connectivity index (χ1) is 11.8. The largest absolute Gasteiger partial charge is 0.369 e. The maximum Gasteiger partial charge on any atom is 0.227 e. The van der Waals surface area contributed by atoms with Crippen molar-refractivity contribution in [1.82, 2.24) is 14.7 Å². The molecule has 5 heteroatoms. The zero-order chi connectivity index (χ0) is 18.2. The Morgan fingerprint density at radius 1 is 1.28 bits per heavy atom. The van der Waals surface area contributed by atoms with Crippen LogP contribution in [0.2, 0.25) is 0 Å². The molecular weight excluding hydrogens is 314 g/mol. The molecular formula is C20H27N3O2. The first-order valence-electron chi connectivity index (χ1n) is 8.75. The summed E-state index contributed by atoms with van der Waals surface area (Å²) in [6.07, 6.45) is 0.311. The molecule has 0 N–H and O–H groups in total. The predicted octanol–water partition coefficient (Wildman–Crippen LogP) is 2.96. The van der Waals surface area contributed by atoms with Crippen LogP contribution in [0.5, 0.6) is 0 Å². The van der Waals surface area contributed by atoms with E-state index in [4.69, 9.17) is 4.74 Å². The molecule has 134 valence electrons. The maximum atomic E-state index is 13.1. The fourth-order valence-corrected chi connectivity index (χ4v) is 3.48. The smallest absolute Gasteiger partial charge is 0.227 e. The monoisotopic (exact) mass is 341 g/mol. The van der Waals surface area contributed by atoms with E-state index in [1.807, 2.05) is 48.7 Å². The molecule has 1 aromatic carbocycles. The van der Waals surface area contributed by atoms with Gasteiger partial charge in [-0.3, -0.25) is 9.48 Å². The van der Waals surface area contributed by atoms with Crippen LogP contribution in [0.4, 0.5) is 0 Å². The topological polar surface area (TPSA) is 47.4 Å². The predicted molar refractivity (Wildman–Crippen MR) is 97.3 cm³/mol. The van der Waals surface area contributed by atoms with Crippen molar-refractivity contribution in [3.8, 4) is 0 Å². The molecule has 0 spiro atoms. The van der Waals surface area contributed by atoms with Crippen molar-refractivity contribution in [2.75, 3.05) is 13.2 Å². The highest BCUT2D eigenvalue weighted by Crippen LogP contribution is 2.31. The number of hydrogen-bond acceptors (Lipinski definition) is 3. The van der Waals surface area contributed by atoms with Crippen LogP contribution in [0.15, 0.2) is 30.3 Å². The van der Waals surface area contributed by atoms with Crippen molar-refractivity contribution in [1.29, 1.82) is 0 Å². The van der Waals surface area contributed by atoms with Crippen LogP contribution in [0.1, 0.15) is 42.5 Å². The van der Waals surface area contributed by atoms with Gasteiger partial charge in [-0.25, -0.2) is 0 Å². The lowest BCUT2D eigenvalue weighted by Gasteiger charge is -2.45. The standard InChI is InChI=1S/C20H27N3O2/c1-14-17(15(2)22(5)21-14)11-19(24)23-12-18(25-13-20(23,3)4)16-9-7-6-8-10-16/h6-10,18H,11-13H2,1-5H3. The van der Waals surface area contributed by atoms with E-state index in [9.17, 15) is 4.79 Å². The SMILES string of the molecule is Cc1nn(C)c(C)c1CC(=O)N1CC(c2ccccc2)OCC1(C)C. The summed E-state index contributed by atoms with van der Waals surface area (Å²) in [5.74, 6) is 0.133. The van der Waals surface area contributed by atoms with E-state index < -0.39 is 0 Å². The number of aromatic nitrogens is 2. The Morgan fingerprint density at radius 3 is 2.56 bits per heavy atom. The molecule has 1 aromatic heterocycles. The summed E-state index contributed by atoms with van der Waals surface area (Å²) in [5, 5.41) is 4.43. The van der Waals surface area contributed by atoms with Crippen molar-refractivity contribution in [2.24, 2.45) is 7.05 Å². The van der Waals surface area contributed by atoms with Crippen LogP contribution in [0.25, 0.3) is 0 Å². The van der Waals surface area contributed by atoms with Crippen LogP contribution in [0.3, 0.4) is 0 Å². The third kappa shape index (κ3) is 3.47. The minimum atomic E-state index is -0.313. The Hall–Kier alpha value is -2.14. The highest BCUT2D eigenvalue weighted by Gasteiger charge is 2.38. The lowest BCUT2D eigenvalue weighted by atomic mass is 9.96. The highest BCUT2D eigenvalue weighted by atomic mass is 16.5.